The summed E-state index contributed by atoms with van der Waals surface area (Å²) in [6, 6.07) is 21.3. The lowest BCUT2D eigenvalue weighted by Crippen LogP contribution is -2.32. The van der Waals surface area contributed by atoms with Crippen LogP contribution < -0.4 is 15.4 Å². The number of ether oxygens (including phenoxy) is 1. The first kappa shape index (κ1) is 23.3. The number of benzene rings is 3. The molecule has 8 heteroatoms. The second-order valence-electron chi connectivity index (χ2n) is 9.10. The van der Waals surface area contributed by atoms with E-state index in [9.17, 15) is 4.79 Å². The first-order valence-corrected chi connectivity index (χ1v) is 11.8. The summed E-state index contributed by atoms with van der Waals surface area (Å²) >= 11 is 0. The molecule has 0 spiro atoms. The third-order valence-electron chi connectivity index (χ3n) is 6.32. The van der Waals surface area contributed by atoms with Gasteiger partial charge in [0.25, 0.3) is 5.91 Å². The average Bonchev–Trinajstić information content (AvgIpc) is 3.33. The van der Waals surface area contributed by atoms with Crippen LogP contribution in [0.25, 0.3) is 0 Å². The molecular weight excluding hydrogens is 452 g/mol. The number of para-hydroxylation sites is 1. The molecule has 0 saturated heterocycles. The molecule has 8 nitrogen and oxygen atoms in total. The third kappa shape index (κ3) is 4.57. The maximum absolute atomic E-state index is 13.7. The highest BCUT2D eigenvalue weighted by atomic mass is 16.5. The highest BCUT2D eigenvalue weighted by Crippen LogP contribution is 2.39. The number of anilines is 2. The summed E-state index contributed by atoms with van der Waals surface area (Å²) in [4.78, 5) is 13.7. The van der Waals surface area contributed by atoms with Crippen molar-refractivity contribution in [1.82, 2.24) is 20.2 Å². The van der Waals surface area contributed by atoms with Crippen LogP contribution >= 0.6 is 0 Å². The van der Waals surface area contributed by atoms with E-state index in [4.69, 9.17) is 4.74 Å². The Balaban J connectivity index is 1.51. The van der Waals surface area contributed by atoms with Gasteiger partial charge in [0, 0.05) is 16.9 Å². The van der Waals surface area contributed by atoms with Gasteiger partial charge in [-0.3, -0.25) is 4.79 Å². The molecule has 5 rings (SSSR count). The number of amides is 1. The summed E-state index contributed by atoms with van der Waals surface area (Å²) in [5.74, 6) is 0.899. The summed E-state index contributed by atoms with van der Waals surface area (Å²) in [6.07, 6.45) is 0. The number of fused-ring (bicyclic) bond motifs is 1. The number of aromatic nitrogens is 4. The minimum atomic E-state index is -0.573. The number of nitrogens with zero attached hydrogens (tertiary/aromatic N) is 4. The Morgan fingerprint density at radius 3 is 2.53 bits per heavy atom. The van der Waals surface area contributed by atoms with Gasteiger partial charge in [-0.15, -0.1) is 0 Å². The van der Waals surface area contributed by atoms with E-state index in [2.05, 4.69) is 57.3 Å². The predicted octanol–water partition coefficient (Wildman–Crippen LogP) is 5.10. The highest BCUT2D eigenvalue weighted by Gasteiger charge is 2.35. The van der Waals surface area contributed by atoms with Gasteiger partial charge in [-0.25, -0.2) is 0 Å². The van der Waals surface area contributed by atoms with Gasteiger partial charge in [0.05, 0.1) is 5.57 Å². The van der Waals surface area contributed by atoms with E-state index in [0.717, 1.165) is 27.9 Å². The van der Waals surface area contributed by atoms with E-state index in [1.807, 2.05) is 63.2 Å². The van der Waals surface area contributed by atoms with Crippen molar-refractivity contribution in [3.63, 3.8) is 0 Å². The Morgan fingerprint density at radius 1 is 1.00 bits per heavy atom. The van der Waals surface area contributed by atoms with Crippen LogP contribution in [0.15, 0.2) is 78.0 Å². The van der Waals surface area contributed by atoms with E-state index >= 15 is 0 Å². The SMILES string of the molecule is CC1=C(C(=O)Nc2ccc(C)cc2C)C(c2ccccc2OCc2ccc(C)cc2)n2nnnc2N1. The van der Waals surface area contributed by atoms with Crippen molar-refractivity contribution < 1.29 is 9.53 Å². The van der Waals surface area contributed by atoms with Gasteiger partial charge < -0.3 is 15.4 Å². The molecule has 3 aromatic carbocycles. The van der Waals surface area contributed by atoms with E-state index < -0.39 is 6.04 Å². The van der Waals surface area contributed by atoms with E-state index in [1.54, 1.807) is 4.68 Å². The smallest absolute Gasteiger partial charge is 0.255 e. The molecule has 1 aromatic heterocycles. The zero-order valence-electron chi connectivity index (χ0n) is 20.7. The fourth-order valence-corrected chi connectivity index (χ4v) is 4.42. The van der Waals surface area contributed by atoms with Crippen LogP contribution in [0.4, 0.5) is 11.6 Å². The molecule has 2 N–H and O–H groups in total. The van der Waals surface area contributed by atoms with Crippen LogP contribution in [0.5, 0.6) is 5.75 Å². The van der Waals surface area contributed by atoms with Crippen LogP contribution in [0.3, 0.4) is 0 Å². The fourth-order valence-electron chi connectivity index (χ4n) is 4.42. The van der Waals surface area contributed by atoms with E-state index in [-0.39, 0.29) is 5.91 Å². The molecule has 0 aliphatic carbocycles. The monoisotopic (exact) mass is 480 g/mol. The van der Waals surface area contributed by atoms with Gasteiger partial charge in [-0.1, -0.05) is 70.8 Å². The number of allylic oxidation sites excluding steroid dienone is 1. The van der Waals surface area contributed by atoms with Gasteiger partial charge in [0.1, 0.15) is 18.4 Å². The van der Waals surface area contributed by atoms with Crippen LogP contribution in [-0.2, 0) is 11.4 Å². The summed E-state index contributed by atoms with van der Waals surface area (Å²) < 4.78 is 7.89. The summed E-state index contributed by atoms with van der Waals surface area (Å²) in [5, 5.41) is 18.4. The Morgan fingerprint density at radius 2 is 1.75 bits per heavy atom. The van der Waals surface area contributed by atoms with Crippen molar-refractivity contribution in [1.29, 1.82) is 0 Å². The number of aryl methyl sites for hydroxylation is 3. The topological polar surface area (TPSA) is 94.0 Å². The van der Waals surface area contributed by atoms with Crippen molar-refractivity contribution in [2.75, 3.05) is 10.6 Å². The quantitative estimate of drug-likeness (QED) is 0.399. The molecule has 1 unspecified atom stereocenters. The van der Waals surface area contributed by atoms with Crippen molar-refractivity contribution in [2.45, 2.75) is 40.3 Å². The minimum Gasteiger partial charge on any atom is -0.489 e. The first-order valence-electron chi connectivity index (χ1n) is 11.8. The number of tetrazole rings is 1. The van der Waals surface area contributed by atoms with Crippen LogP contribution in [-0.4, -0.2) is 26.1 Å². The average molecular weight is 481 g/mol. The normalized spacial score (nSPS) is 14.7. The third-order valence-corrected chi connectivity index (χ3v) is 6.32. The maximum Gasteiger partial charge on any atom is 0.255 e. The summed E-state index contributed by atoms with van der Waals surface area (Å²) in [5.41, 5.74) is 7.13. The van der Waals surface area contributed by atoms with E-state index in [0.29, 0.717) is 29.6 Å². The molecule has 0 radical (unpaired) electrons. The Kier molecular flexibility index (Phi) is 6.25. The second kappa shape index (κ2) is 9.65. The second-order valence-corrected chi connectivity index (χ2v) is 9.10. The van der Waals surface area contributed by atoms with Gasteiger partial charge in [-0.05, 0) is 61.4 Å². The molecule has 1 aliphatic rings. The molecule has 0 fully saturated rings. The number of hydrogen-bond donors (Lipinski definition) is 2. The van der Waals surface area contributed by atoms with Crippen molar-refractivity contribution in [3.05, 3.63) is 106 Å². The molecule has 182 valence electrons. The molecule has 1 atom stereocenters. The van der Waals surface area contributed by atoms with Gasteiger partial charge >= 0.3 is 0 Å². The fraction of sp³-hybridized carbons (Fsp3) is 0.214. The predicted molar refractivity (Wildman–Crippen MR) is 139 cm³/mol. The Hall–Kier alpha value is -4.46. The van der Waals surface area contributed by atoms with Crippen molar-refractivity contribution >= 4 is 17.5 Å². The molecular formula is C28H28N6O2. The molecule has 0 saturated carbocycles. The highest BCUT2D eigenvalue weighted by molar-refractivity contribution is 6.06. The maximum atomic E-state index is 13.7. The number of hydrogen-bond acceptors (Lipinski definition) is 6. The lowest BCUT2D eigenvalue weighted by atomic mass is 9.94. The minimum absolute atomic E-state index is 0.230. The molecule has 4 aromatic rings. The summed E-state index contributed by atoms with van der Waals surface area (Å²) in [6.45, 7) is 8.32. The molecule has 0 bridgehead atoms. The lowest BCUT2D eigenvalue weighted by Gasteiger charge is -2.29. The number of nitrogens with one attached hydrogen (secondary N) is 2. The standard InChI is InChI=1S/C28H28N6O2/c1-17-9-12-21(13-10-17)16-36-24-8-6-5-7-22(24)26-25(20(4)29-28-31-32-33-34(26)28)27(35)30-23-14-11-18(2)15-19(23)3/h5-15,26H,16H2,1-4H3,(H,30,35)(H,29,31,33). The molecule has 1 amide bonds. The molecule has 2 heterocycles. The van der Waals surface area contributed by atoms with Crippen LogP contribution in [0.1, 0.15) is 40.8 Å². The molecule has 36 heavy (non-hydrogen) atoms. The number of carbonyl (C=O) groups excluding carboxylic acids is 1. The Labute approximate surface area is 210 Å². The zero-order chi connectivity index (χ0) is 25.2. The largest absolute Gasteiger partial charge is 0.489 e. The van der Waals surface area contributed by atoms with E-state index in [1.165, 1.54) is 5.56 Å². The molecule has 1 aliphatic heterocycles. The summed E-state index contributed by atoms with van der Waals surface area (Å²) in [7, 11) is 0. The van der Waals surface area contributed by atoms with Gasteiger partial charge in [0.2, 0.25) is 5.95 Å². The lowest BCUT2D eigenvalue weighted by molar-refractivity contribution is -0.113. The van der Waals surface area contributed by atoms with Crippen molar-refractivity contribution in [2.24, 2.45) is 0 Å². The number of rotatable bonds is 6. The Bertz CT molecular complexity index is 1460. The van der Waals surface area contributed by atoms with Crippen LogP contribution in [0, 0.1) is 20.8 Å². The zero-order valence-corrected chi connectivity index (χ0v) is 20.7. The van der Waals surface area contributed by atoms with Gasteiger partial charge in [-0.2, -0.15) is 4.68 Å². The van der Waals surface area contributed by atoms with Crippen LogP contribution in [0.2, 0.25) is 0 Å². The number of carbonyl (C=O) groups is 1. The van der Waals surface area contributed by atoms with Crippen molar-refractivity contribution in [3.8, 4) is 5.75 Å². The van der Waals surface area contributed by atoms with Gasteiger partial charge in [0.15, 0.2) is 0 Å². The first-order chi connectivity index (χ1) is 17.4.